The molecule has 0 amide bonds. The van der Waals surface area contributed by atoms with E-state index in [1.807, 2.05) is 6.92 Å². The van der Waals surface area contributed by atoms with Crippen molar-refractivity contribution >= 4 is 0 Å². The fraction of sp³-hybridized carbons (Fsp3) is 1.00. The Morgan fingerprint density at radius 3 is 1.73 bits per heavy atom. The smallest absolute Gasteiger partial charge is 0.0565 e. The summed E-state index contributed by atoms with van der Waals surface area (Å²) in [7, 11) is 0. The third-order valence-electron chi connectivity index (χ3n) is 2.91. The van der Waals surface area contributed by atoms with Crippen molar-refractivity contribution in [1.29, 1.82) is 0 Å². The molecule has 0 aromatic rings. The molecule has 0 saturated carbocycles. The van der Waals surface area contributed by atoms with Gasteiger partial charge in [-0.2, -0.15) is 0 Å². The van der Waals surface area contributed by atoms with Crippen molar-refractivity contribution in [2.75, 3.05) is 0 Å². The highest BCUT2D eigenvalue weighted by Gasteiger charge is 2.21. The number of rotatable bonds is 4. The van der Waals surface area contributed by atoms with Gasteiger partial charge in [-0.15, -0.1) is 0 Å². The Labute approximate surface area is 70.8 Å². The summed E-state index contributed by atoms with van der Waals surface area (Å²) in [6.07, 6.45) is 0.755. The van der Waals surface area contributed by atoms with Gasteiger partial charge in [-0.05, 0) is 24.2 Å². The van der Waals surface area contributed by atoms with Gasteiger partial charge >= 0.3 is 0 Å². The quantitative estimate of drug-likeness (QED) is 0.667. The van der Waals surface area contributed by atoms with E-state index in [4.69, 9.17) is 0 Å². The molecule has 11 heavy (non-hydrogen) atoms. The van der Waals surface area contributed by atoms with Gasteiger partial charge in [0.05, 0.1) is 6.10 Å². The molecule has 3 atom stereocenters. The lowest BCUT2D eigenvalue weighted by molar-refractivity contribution is 0.0700. The molecule has 1 heteroatoms. The predicted molar refractivity (Wildman–Crippen MR) is 49.5 cm³/mol. The highest BCUT2D eigenvalue weighted by Crippen LogP contribution is 2.23. The summed E-state index contributed by atoms with van der Waals surface area (Å²) in [6.45, 7) is 10.8. The van der Waals surface area contributed by atoms with E-state index in [9.17, 15) is 5.11 Å². The standard InChI is InChI=1S/C10H22O/c1-6-10(11)9(5)8(4)7(2)3/h7-11H,6H2,1-5H3/t8?,9?,10-/m0/s1. The summed E-state index contributed by atoms with van der Waals surface area (Å²) in [5.41, 5.74) is 0. The van der Waals surface area contributed by atoms with E-state index in [1.165, 1.54) is 0 Å². The predicted octanol–water partition coefficient (Wildman–Crippen LogP) is 2.69. The summed E-state index contributed by atoms with van der Waals surface area (Å²) in [5.74, 6) is 1.72. The van der Waals surface area contributed by atoms with Crippen LogP contribution < -0.4 is 0 Å². The van der Waals surface area contributed by atoms with Crippen LogP contribution >= 0.6 is 0 Å². The molecule has 0 aliphatic heterocycles. The number of aliphatic hydroxyl groups excluding tert-OH is 1. The third-order valence-corrected chi connectivity index (χ3v) is 2.91. The molecule has 0 radical (unpaired) electrons. The van der Waals surface area contributed by atoms with Gasteiger partial charge < -0.3 is 5.11 Å². The maximum absolute atomic E-state index is 9.55. The van der Waals surface area contributed by atoms with Crippen LogP contribution in [-0.2, 0) is 0 Å². The average molecular weight is 158 g/mol. The fourth-order valence-electron chi connectivity index (χ4n) is 1.33. The second-order valence-electron chi connectivity index (χ2n) is 3.94. The molecule has 2 unspecified atom stereocenters. The fourth-order valence-corrected chi connectivity index (χ4v) is 1.33. The van der Waals surface area contributed by atoms with E-state index in [2.05, 4.69) is 27.7 Å². The van der Waals surface area contributed by atoms with Crippen LogP contribution in [0.1, 0.15) is 41.0 Å². The summed E-state index contributed by atoms with van der Waals surface area (Å²) in [4.78, 5) is 0. The van der Waals surface area contributed by atoms with Gasteiger partial charge in [-0.25, -0.2) is 0 Å². The van der Waals surface area contributed by atoms with E-state index in [-0.39, 0.29) is 6.10 Å². The van der Waals surface area contributed by atoms with E-state index in [0.29, 0.717) is 17.8 Å². The lowest BCUT2D eigenvalue weighted by Crippen LogP contribution is -2.26. The second kappa shape index (κ2) is 4.76. The minimum Gasteiger partial charge on any atom is -0.393 e. The molecule has 1 N–H and O–H groups in total. The van der Waals surface area contributed by atoms with Crippen LogP contribution in [-0.4, -0.2) is 11.2 Å². The summed E-state index contributed by atoms with van der Waals surface area (Å²) in [5, 5.41) is 9.55. The second-order valence-corrected chi connectivity index (χ2v) is 3.94. The van der Waals surface area contributed by atoms with Gasteiger partial charge in [-0.1, -0.05) is 34.6 Å². The molecule has 0 bridgehead atoms. The minimum atomic E-state index is -0.118. The molecule has 0 aromatic heterocycles. The molecule has 1 nitrogen and oxygen atoms in total. The number of aliphatic hydroxyl groups is 1. The average Bonchev–Trinajstić information content (AvgIpc) is 2.00. The van der Waals surface area contributed by atoms with Gasteiger partial charge in [0.15, 0.2) is 0 Å². The van der Waals surface area contributed by atoms with Crippen LogP contribution in [0.5, 0.6) is 0 Å². The first-order chi connectivity index (χ1) is 5.00. The minimum absolute atomic E-state index is 0.118. The van der Waals surface area contributed by atoms with E-state index in [1.54, 1.807) is 0 Å². The van der Waals surface area contributed by atoms with Crippen molar-refractivity contribution < 1.29 is 5.11 Å². The number of hydrogen-bond donors (Lipinski definition) is 1. The molecule has 0 rings (SSSR count). The molecule has 0 spiro atoms. The molecule has 0 heterocycles. The van der Waals surface area contributed by atoms with Gasteiger partial charge in [0, 0.05) is 0 Å². The van der Waals surface area contributed by atoms with E-state index >= 15 is 0 Å². The largest absolute Gasteiger partial charge is 0.393 e. The molecule has 68 valence electrons. The summed E-state index contributed by atoms with van der Waals surface area (Å²) in [6, 6.07) is 0. The Balaban J connectivity index is 3.90. The van der Waals surface area contributed by atoms with Crippen molar-refractivity contribution in [2.24, 2.45) is 17.8 Å². The highest BCUT2D eigenvalue weighted by molar-refractivity contribution is 4.71. The van der Waals surface area contributed by atoms with Crippen molar-refractivity contribution in [2.45, 2.75) is 47.1 Å². The Morgan fingerprint density at radius 2 is 1.45 bits per heavy atom. The maximum atomic E-state index is 9.55. The van der Waals surface area contributed by atoms with Crippen molar-refractivity contribution in [3.63, 3.8) is 0 Å². The highest BCUT2D eigenvalue weighted by atomic mass is 16.3. The zero-order valence-corrected chi connectivity index (χ0v) is 8.46. The first-order valence-electron chi connectivity index (χ1n) is 4.68. The molecule has 0 fully saturated rings. The van der Waals surface area contributed by atoms with Crippen molar-refractivity contribution in [3.8, 4) is 0 Å². The Bertz CT molecular complexity index is 99.0. The van der Waals surface area contributed by atoms with E-state index in [0.717, 1.165) is 6.42 Å². The third kappa shape index (κ3) is 3.24. The van der Waals surface area contributed by atoms with E-state index < -0.39 is 0 Å². The molecule has 0 aromatic carbocycles. The van der Waals surface area contributed by atoms with Crippen molar-refractivity contribution in [1.82, 2.24) is 0 Å². The molecular weight excluding hydrogens is 136 g/mol. The van der Waals surface area contributed by atoms with Crippen molar-refractivity contribution in [3.05, 3.63) is 0 Å². The Kier molecular flexibility index (Phi) is 4.74. The molecule has 0 aliphatic rings. The van der Waals surface area contributed by atoms with Crippen LogP contribution in [0.25, 0.3) is 0 Å². The Hall–Kier alpha value is -0.0400. The van der Waals surface area contributed by atoms with Crippen LogP contribution in [0.3, 0.4) is 0 Å². The normalized spacial score (nSPS) is 19.9. The molecular formula is C10H22O. The van der Waals surface area contributed by atoms with Crippen LogP contribution in [0.4, 0.5) is 0 Å². The van der Waals surface area contributed by atoms with Gasteiger partial charge in [0.1, 0.15) is 0 Å². The Morgan fingerprint density at radius 1 is 1.00 bits per heavy atom. The lowest BCUT2D eigenvalue weighted by Gasteiger charge is -2.27. The topological polar surface area (TPSA) is 20.2 Å². The first-order valence-corrected chi connectivity index (χ1v) is 4.68. The van der Waals surface area contributed by atoms with Gasteiger partial charge in [0.25, 0.3) is 0 Å². The summed E-state index contributed by atoms with van der Waals surface area (Å²) < 4.78 is 0. The first kappa shape index (κ1) is 11.0. The molecule has 0 aliphatic carbocycles. The summed E-state index contributed by atoms with van der Waals surface area (Å²) >= 11 is 0. The van der Waals surface area contributed by atoms with Crippen LogP contribution in [0, 0.1) is 17.8 Å². The number of hydrogen-bond acceptors (Lipinski definition) is 1. The van der Waals surface area contributed by atoms with Crippen LogP contribution in [0.15, 0.2) is 0 Å². The SMILES string of the molecule is CC[C@H](O)C(C)C(C)C(C)C. The molecule has 0 saturated heterocycles. The van der Waals surface area contributed by atoms with Crippen LogP contribution in [0.2, 0.25) is 0 Å². The monoisotopic (exact) mass is 158 g/mol. The zero-order valence-electron chi connectivity index (χ0n) is 8.46. The lowest BCUT2D eigenvalue weighted by atomic mass is 9.82. The van der Waals surface area contributed by atoms with Gasteiger partial charge in [0.2, 0.25) is 0 Å². The van der Waals surface area contributed by atoms with Gasteiger partial charge in [-0.3, -0.25) is 0 Å². The maximum Gasteiger partial charge on any atom is 0.0565 e. The zero-order chi connectivity index (χ0) is 9.02.